The second kappa shape index (κ2) is 2.24. The maximum Gasteiger partial charge on any atom is -0.0243 e. The van der Waals surface area contributed by atoms with Gasteiger partial charge < -0.3 is 0 Å². The molecule has 0 nitrogen and oxygen atoms in total. The van der Waals surface area contributed by atoms with Gasteiger partial charge in [0.25, 0.3) is 0 Å². The maximum atomic E-state index is 2.48. The highest BCUT2D eigenvalue weighted by Gasteiger charge is 2.55. The standard InChI is InChI=1S/C11H20/c1-4-11-6-5-10(11)7-8(2)9(11)3/h8-10H,4-7H2,1-3H3/t8?,9?,10?,11-/m1/s1. The fourth-order valence-electron chi connectivity index (χ4n) is 3.68. The van der Waals surface area contributed by atoms with Gasteiger partial charge in [-0.25, -0.2) is 0 Å². The van der Waals surface area contributed by atoms with Crippen molar-refractivity contribution in [2.45, 2.75) is 46.5 Å². The highest BCUT2D eigenvalue weighted by molar-refractivity contribution is 5.04. The maximum absolute atomic E-state index is 2.48. The molecule has 0 bridgehead atoms. The van der Waals surface area contributed by atoms with Crippen molar-refractivity contribution in [3.05, 3.63) is 0 Å². The van der Waals surface area contributed by atoms with Gasteiger partial charge in [0.15, 0.2) is 0 Å². The van der Waals surface area contributed by atoms with Crippen LogP contribution in [-0.4, -0.2) is 0 Å². The van der Waals surface area contributed by atoms with Crippen LogP contribution in [-0.2, 0) is 0 Å². The molecule has 0 spiro atoms. The molecule has 0 heterocycles. The van der Waals surface area contributed by atoms with Gasteiger partial charge in [-0.05, 0) is 48.9 Å². The van der Waals surface area contributed by atoms with Crippen molar-refractivity contribution in [1.29, 1.82) is 0 Å². The molecule has 2 rings (SSSR count). The molecule has 64 valence electrons. The van der Waals surface area contributed by atoms with Crippen LogP contribution in [0.15, 0.2) is 0 Å². The molecule has 0 N–H and O–H groups in total. The molecule has 0 aliphatic heterocycles. The minimum Gasteiger partial charge on any atom is -0.0648 e. The number of hydrogen-bond acceptors (Lipinski definition) is 0. The van der Waals surface area contributed by atoms with E-state index in [0.717, 1.165) is 23.2 Å². The molecule has 2 saturated carbocycles. The molecule has 2 fully saturated rings. The molecule has 0 saturated heterocycles. The highest BCUT2D eigenvalue weighted by atomic mass is 14.6. The molecule has 0 aromatic rings. The summed E-state index contributed by atoms with van der Waals surface area (Å²) < 4.78 is 0. The van der Waals surface area contributed by atoms with Crippen LogP contribution < -0.4 is 0 Å². The van der Waals surface area contributed by atoms with Crippen LogP contribution >= 0.6 is 0 Å². The third-order valence-electron chi connectivity index (χ3n) is 4.85. The van der Waals surface area contributed by atoms with Crippen LogP contribution in [0.4, 0.5) is 0 Å². The number of rotatable bonds is 1. The Morgan fingerprint density at radius 1 is 1.36 bits per heavy atom. The van der Waals surface area contributed by atoms with Crippen molar-refractivity contribution in [2.75, 3.05) is 0 Å². The van der Waals surface area contributed by atoms with Gasteiger partial charge in [0.2, 0.25) is 0 Å². The molecule has 0 aromatic carbocycles. The van der Waals surface area contributed by atoms with Gasteiger partial charge in [-0.15, -0.1) is 0 Å². The molecular weight excluding hydrogens is 132 g/mol. The normalized spacial score (nSPS) is 55.4. The van der Waals surface area contributed by atoms with Gasteiger partial charge in [-0.2, -0.15) is 0 Å². The van der Waals surface area contributed by atoms with E-state index in [1.54, 1.807) is 0 Å². The molecular formula is C11H20. The fourth-order valence-corrected chi connectivity index (χ4v) is 3.68. The predicted molar refractivity (Wildman–Crippen MR) is 48.4 cm³/mol. The van der Waals surface area contributed by atoms with E-state index in [-0.39, 0.29) is 0 Å². The Bertz CT molecular complexity index is 157. The first-order chi connectivity index (χ1) is 5.20. The van der Waals surface area contributed by atoms with E-state index in [1.807, 2.05) is 0 Å². The van der Waals surface area contributed by atoms with E-state index in [0.29, 0.717) is 0 Å². The van der Waals surface area contributed by atoms with Crippen molar-refractivity contribution in [1.82, 2.24) is 0 Å². The largest absolute Gasteiger partial charge is 0.0648 e. The Labute approximate surface area is 70.4 Å². The van der Waals surface area contributed by atoms with E-state index in [1.165, 1.54) is 25.7 Å². The summed E-state index contributed by atoms with van der Waals surface area (Å²) in [4.78, 5) is 0. The quantitative estimate of drug-likeness (QED) is 0.539. The Morgan fingerprint density at radius 3 is 2.36 bits per heavy atom. The van der Waals surface area contributed by atoms with Crippen LogP contribution in [0.2, 0.25) is 0 Å². The summed E-state index contributed by atoms with van der Waals surface area (Å²) in [6.07, 6.45) is 6.01. The summed E-state index contributed by atoms with van der Waals surface area (Å²) in [5.41, 5.74) is 0.805. The van der Waals surface area contributed by atoms with Gasteiger partial charge in [-0.1, -0.05) is 20.8 Å². The fraction of sp³-hybridized carbons (Fsp3) is 1.00. The summed E-state index contributed by atoms with van der Waals surface area (Å²) in [5.74, 6) is 3.12. The zero-order valence-electron chi connectivity index (χ0n) is 8.06. The van der Waals surface area contributed by atoms with E-state index in [2.05, 4.69) is 20.8 Å². The van der Waals surface area contributed by atoms with Gasteiger partial charge in [0, 0.05) is 0 Å². The molecule has 4 atom stereocenters. The van der Waals surface area contributed by atoms with Crippen LogP contribution in [0, 0.1) is 23.2 Å². The number of fused-ring (bicyclic) bond motifs is 1. The lowest BCUT2D eigenvalue weighted by molar-refractivity contribution is 0.0178. The molecule has 2 aliphatic rings. The first kappa shape index (κ1) is 7.64. The molecule has 0 heteroatoms. The van der Waals surface area contributed by atoms with Crippen LogP contribution in [0.3, 0.4) is 0 Å². The first-order valence-corrected chi connectivity index (χ1v) is 5.20. The molecule has 0 amide bonds. The average Bonchev–Trinajstić information content (AvgIpc) is 2.12. The van der Waals surface area contributed by atoms with Crippen LogP contribution in [0.1, 0.15) is 46.5 Å². The van der Waals surface area contributed by atoms with Crippen molar-refractivity contribution >= 4 is 0 Å². The van der Waals surface area contributed by atoms with Crippen molar-refractivity contribution in [3.63, 3.8) is 0 Å². The highest BCUT2D eigenvalue weighted by Crippen LogP contribution is 2.64. The van der Waals surface area contributed by atoms with E-state index >= 15 is 0 Å². The minimum absolute atomic E-state index is 0.805. The van der Waals surface area contributed by atoms with Gasteiger partial charge in [0.1, 0.15) is 0 Å². The van der Waals surface area contributed by atoms with E-state index in [4.69, 9.17) is 0 Å². The summed E-state index contributed by atoms with van der Waals surface area (Å²) in [6, 6.07) is 0. The predicted octanol–water partition coefficient (Wildman–Crippen LogP) is 3.47. The first-order valence-electron chi connectivity index (χ1n) is 5.20. The molecule has 3 unspecified atom stereocenters. The molecule has 0 radical (unpaired) electrons. The van der Waals surface area contributed by atoms with E-state index in [9.17, 15) is 0 Å². The molecule has 2 aliphatic carbocycles. The lowest BCUT2D eigenvalue weighted by atomic mass is 9.57. The summed E-state index contributed by atoms with van der Waals surface area (Å²) >= 11 is 0. The zero-order valence-corrected chi connectivity index (χ0v) is 8.06. The van der Waals surface area contributed by atoms with Crippen molar-refractivity contribution in [3.8, 4) is 0 Å². The van der Waals surface area contributed by atoms with Crippen molar-refractivity contribution in [2.24, 2.45) is 23.2 Å². The second-order valence-electron chi connectivity index (χ2n) is 4.82. The minimum atomic E-state index is 0.805. The van der Waals surface area contributed by atoms with Gasteiger partial charge in [-0.3, -0.25) is 0 Å². The average molecular weight is 152 g/mol. The topological polar surface area (TPSA) is 0 Å². The Kier molecular flexibility index (Phi) is 1.56. The lowest BCUT2D eigenvalue weighted by Crippen LogP contribution is -2.39. The Hall–Kier alpha value is 0. The second-order valence-corrected chi connectivity index (χ2v) is 4.82. The Morgan fingerprint density at radius 2 is 2.09 bits per heavy atom. The van der Waals surface area contributed by atoms with Gasteiger partial charge >= 0.3 is 0 Å². The summed E-state index contributed by atoms with van der Waals surface area (Å²) in [6.45, 7) is 7.31. The summed E-state index contributed by atoms with van der Waals surface area (Å²) in [5, 5.41) is 0. The van der Waals surface area contributed by atoms with E-state index < -0.39 is 0 Å². The SMILES string of the molecule is CC[C@]12CCC1CC(C)C2C. The van der Waals surface area contributed by atoms with Crippen LogP contribution in [0.25, 0.3) is 0 Å². The Balaban J connectivity index is 2.19. The van der Waals surface area contributed by atoms with Crippen molar-refractivity contribution < 1.29 is 0 Å². The van der Waals surface area contributed by atoms with Crippen LogP contribution in [0.5, 0.6) is 0 Å². The lowest BCUT2D eigenvalue weighted by Gasteiger charge is -2.48. The monoisotopic (exact) mass is 152 g/mol. The molecule has 0 aromatic heterocycles. The summed E-state index contributed by atoms with van der Waals surface area (Å²) in [7, 11) is 0. The third-order valence-corrected chi connectivity index (χ3v) is 4.85. The van der Waals surface area contributed by atoms with Gasteiger partial charge in [0.05, 0.1) is 0 Å². The number of hydrogen-bond donors (Lipinski definition) is 0. The smallest absolute Gasteiger partial charge is 0.0243 e. The third kappa shape index (κ3) is 0.761. The molecule has 11 heavy (non-hydrogen) atoms. The zero-order chi connectivity index (χ0) is 8.06.